The van der Waals surface area contributed by atoms with Gasteiger partial charge in [0, 0.05) is 62.4 Å². The third kappa shape index (κ3) is 27.6. The zero-order valence-electron chi connectivity index (χ0n) is 61.3. The lowest BCUT2D eigenvalue weighted by molar-refractivity contribution is -0.164. The number of nitrogens with one attached hydrogen (secondary N) is 5. The van der Waals surface area contributed by atoms with Crippen LogP contribution in [0.3, 0.4) is 0 Å². The second-order valence-corrected chi connectivity index (χ2v) is 29.5. The van der Waals surface area contributed by atoms with Crippen LogP contribution in [0.4, 0.5) is 0 Å². The van der Waals surface area contributed by atoms with Crippen molar-refractivity contribution >= 4 is 80.8 Å². The van der Waals surface area contributed by atoms with Gasteiger partial charge in [-0.1, -0.05) is 102 Å². The highest BCUT2D eigenvalue weighted by Crippen LogP contribution is 2.27. The van der Waals surface area contributed by atoms with Crippen LogP contribution in [0.1, 0.15) is 157 Å². The molecule has 0 aromatic carbocycles. The first-order valence-electron chi connectivity index (χ1n) is 32.8. The van der Waals surface area contributed by atoms with Crippen LogP contribution < -0.4 is 26.6 Å². The van der Waals surface area contributed by atoms with Gasteiger partial charge in [0.25, 0.3) is 0 Å². The van der Waals surface area contributed by atoms with Crippen LogP contribution in [0.15, 0.2) is 12.2 Å². The Hall–Kier alpha value is -6.71. The van der Waals surface area contributed by atoms with Crippen molar-refractivity contribution in [1.82, 2.24) is 56.0 Å². The topological polar surface area (TPSA) is 337 Å². The number of carbonyl (C=O) groups excluding carboxylic acids is 12. The van der Waals surface area contributed by atoms with Gasteiger partial charge in [-0.05, 0) is 101 Å². The Kier molecular flexibility index (Phi) is 37.7. The minimum absolute atomic E-state index is 0.0625. The maximum Gasteiger partial charge on any atom is 0.328 e. The van der Waals surface area contributed by atoms with Crippen LogP contribution in [0.5, 0.6) is 0 Å². The molecule has 0 aliphatic rings. The Labute approximate surface area is 561 Å². The van der Waals surface area contributed by atoms with Gasteiger partial charge in [-0.15, -0.1) is 0 Å². The van der Waals surface area contributed by atoms with E-state index in [9.17, 15) is 51.6 Å². The molecule has 0 fully saturated rings. The molecule has 0 heterocycles. The summed E-state index contributed by atoms with van der Waals surface area (Å²) in [7, 11) is 6.63. The third-order valence-electron chi connectivity index (χ3n) is 16.7. The Morgan fingerprint density at radius 2 is 0.979 bits per heavy atom. The Morgan fingerprint density at radius 3 is 1.41 bits per heavy atom. The van der Waals surface area contributed by atoms with Crippen molar-refractivity contribution in [3.05, 3.63) is 12.2 Å². The van der Waals surface area contributed by atoms with Gasteiger partial charge in [0.1, 0.15) is 76.9 Å². The number of rotatable bonds is 40. The van der Waals surface area contributed by atoms with Crippen molar-refractivity contribution in [2.24, 2.45) is 41.4 Å². The van der Waals surface area contributed by atoms with E-state index in [1.165, 1.54) is 102 Å². The number of carbonyl (C=O) groups is 12. The fraction of sp³-hybridized carbons (Fsp3) is 0.788. The van der Waals surface area contributed by atoms with Gasteiger partial charge in [-0.2, -0.15) is 0 Å². The molecule has 27 nitrogen and oxygen atoms in total. The van der Waals surface area contributed by atoms with E-state index in [0.29, 0.717) is 6.42 Å². The van der Waals surface area contributed by atoms with E-state index in [1.54, 1.807) is 61.5 Å². The van der Waals surface area contributed by atoms with Gasteiger partial charge in [0.2, 0.25) is 59.1 Å². The van der Waals surface area contributed by atoms with Crippen LogP contribution in [0, 0.1) is 41.4 Å². The summed E-state index contributed by atoms with van der Waals surface area (Å²) in [6, 6.07) is -12.2. The predicted molar refractivity (Wildman–Crippen MR) is 360 cm³/mol. The summed E-state index contributed by atoms with van der Waals surface area (Å²) in [5.74, 6) is -11.1. The third-order valence-corrected chi connectivity index (χ3v) is 17.8. The van der Waals surface area contributed by atoms with Gasteiger partial charge in [-0.3, -0.25) is 52.7 Å². The van der Waals surface area contributed by atoms with Crippen LogP contribution in [-0.2, 0) is 76.8 Å². The number of sulfone groups is 1. The first-order valence-corrected chi connectivity index (χ1v) is 34.9. The lowest BCUT2D eigenvalue weighted by Crippen LogP contribution is -2.63. The number of likely N-dealkylation sites (N-methyl/N-ethyl adjacent to an activating group) is 7. The number of amides is 10. The van der Waals surface area contributed by atoms with E-state index >= 15 is 14.4 Å². The van der Waals surface area contributed by atoms with Crippen LogP contribution in [0.2, 0.25) is 0 Å². The Bertz CT molecular complexity index is 2710. The maximum atomic E-state index is 15.2. The summed E-state index contributed by atoms with van der Waals surface area (Å²) < 4.78 is 35.4. The molecule has 10 amide bonds. The summed E-state index contributed by atoms with van der Waals surface area (Å²) in [6.45, 7) is 30.0. The Morgan fingerprint density at radius 1 is 0.511 bits per heavy atom. The lowest BCUT2D eigenvalue weighted by atomic mass is 9.91. The number of esters is 2. The maximum absolute atomic E-state index is 15.2. The van der Waals surface area contributed by atoms with E-state index in [-0.39, 0.29) is 68.2 Å². The molecule has 0 aromatic rings. The highest BCUT2D eigenvalue weighted by molar-refractivity contribution is 7.90. The standard InChI is InChI=1S/C66H119N11O16S/c1-27-29-30-42(13)56(93-47(18)79)55(60(83)70-48(28-2)66(89)92-32-31-72(20)46(17)78)77(25)65(88)54(41(11)12)76(24)63(86)51(35-39(7)8)75(23)62(85)50(34-38(5)6)74(22)61(84)45(16)69-57(80)44(15)68-58(81)49(33-37(3)4)73(21)64(87)52(40(9)10)71-59(82)53(67-19)43(14)36-94(26,90)91/h27,29,37-45,48-56,67H,28,30-36H2,1-26H3,(H,68,81)(H,69,80)(H,70,83)(H,71,82). The SMILES string of the molecule is CC=CCC(C)C(OC(C)=O)C(C(=O)NC(CC)C(=O)OCCN(C)C(C)=O)N(C)C(=O)C(C(C)C)N(C)C(=O)C(CC(C)C)N(C)C(=O)C(CC(C)C)N(C)C(=O)C(C)NC(=O)C(C)NC(=O)C(CC(C)C)N(C)C(=O)C(NC(=O)C(NC)C(C)CS(C)(=O)=O)C(C)C. The number of hydrogen-bond acceptors (Lipinski definition) is 17. The summed E-state index contributed by atoms with van der Waals surface area (Å²) in [4.78, 5) is 176. The van der Waals surface area contributed by atoms with Crippen molar-refractivity contribution in [2.75, 3.05) is 74.5 Å². The summed E-state index contributed by atoms with van der Waals surface area (Å²) in [6.07, 6.45) is 4.13. The number of nitrogens with zero attached hydrogens (tertiary/aromatic N) is 6. The molecule has 0 spiro atoms. The molecule has 0 radical (unpaired) electrons. The van der Waals surface area contributed by atoms with Gasteiger partial charge in [0.15, 0.2) is 0 Å². The van der Waals surface area contributed by atoms with Gasteiger partial charge < -0.3 is 65.5 Å². The molecule has 0 saturated heterocycles. The molecule has 0 bridgehead atoms. The minimum atomic E-state index is -3.45. The van der Waals surface area contributed by atoms with Gasteiger partial charge in [0.05, 0.1) is 18.3 Å². The fourth-order valence-corrected chi connectivity index (χ4v) is 12.2. The second kappa shape index (κ2) is 40.6. The second-order valence-electron chi connectivity index (χ2n) is 27.3. The molecule has 0 aliphatic carbocycles. The molecule has 540 valence electrons. The van der Waals surface area contributed by atoms with Crippen LogP contribution in [0.25, 0.3) is 0 Å². The van der Waals surface area contributed by atoms with Gasteiger partial charge in [-0.25, -0.2) is 13.2 Å². The van der Waals surface area contributed by atoms with Crippen LogP contribution >= 0.6 is 0 Å². The molecule has 28 heteroatoms. The average molecular weight is 1350 g/mol. The molecule has 0 aromatic heterocycles. The predicted octanol–water partition coefficient (Wildman–Crippen LogP) is 2.78. The quantitative estimate of drug-likeness (QED) is 0.0435. The van der Waals surface area contributed by atoms with E-state index in [2.05, 4.69) is 26.6 Å². The molecule has 13 unspecified atom stereocenters. The molecule has 0 aliphatic heterocycles. The molecule has 0 saturated carbocycles. The summed E-state index contributed by atoms with van der Waals surface area (Å²) >= 11 is 0. The number of hydrogen-bond donors (Lipinski definition) is 5. The van der Waals surface area contributed by atoms with E-state index in [0.717, 1.165) is 11.2 Å². The van der Waals surface area contributed by atoms with E-state index in [1.807, 2.05) is 47.6 Å². The minimum Gasteiger partial charge on any atom is -0.462 e. The van der Waals surface area contributed by atoms with Crippen molar-refractivity contribution < 1.29 is 75.4 Å². The largest absolute Gasteiger partial charge is 0.462 e. The average Bonchev–Trinajstić information content (AvgIpc) is 0.802. The highest BCUT2D eigenvalue weighted by atomic mass is 32.2. The van der Waals surface area contributed by atoms with Crippen molar-refractivity contribution in [2.45, 2.75) is 223 Å². The molecule has 94 heavy (non-hydrogen) atoms. The normalized spacial score (nSPS) is 16.0. The zero-order valence-corrected chi connectivity index (χ0v) is 62.1. The molecular weight excluding hydrogens is 1230 g/mol. The van der Waals surface area contributed by atoms with Crippen molar-refractivity contribution in [3.8, 4) is 0 Å². The Balaban J connectivity index is 7.14. The molecule has 0 rings (SSSR count). The summed E-state index contributed by atoms with van der Waals surface area (Å²) in [5, 5.41) is 13.6. The lowest BCUT2D eigenvalue weighted by Gasteiger charge is -2.42. The van der Waals surface area contributed by atoms with E-state index in [4.69, 9.17) is 9.47 Å². The van der Waals surface area contributed by atoms with Crippen molar-refractivity contribution in [1.29, 1.82) is 0 Å². The number of ether oxygens (including phenoxy) is 2. The molecule has 5 N–H and O–H groups in total. The monoisotopic (exact) mass is 1350 g/mol. The molecular formula is C66H119N11O16S. The van der Waals surface area contributed by atoms with E-state index < -0.39 is 165 Å². The fourth-order valence-electron chi connectivity index (χ4n) is 11.1. The highest BCUT2D eigenvalue weighted by Gasteiger charge is 2.46. The number of allylic oxidation sites excluding steroid dienone is 2. The van der Waals surface area contributed by atoms with Crippen molar-refractivity contribution in [3.63, 3.8) is 0 Å². The first-order chi connectivity index (χ1) is 43.3. The van der Waals surface area contributed by atoms with Crippen LogP contribution in [-0.4, -0.2) is 250 Å². The van der Waals surface area contributed by atoms with Gasteiger partial charge >= 0.3 is 11.9 Å². The molecule has 13 atom stereocenters. The zero-order chi connectivity index (χ0) is 73.3. The summed E-state index contributed by atoms with van der Waals surface area (Å²) in [5.41, 5.74) is 0. The smallest absolute Gasteiger partial charge is 0.328 e. The first kappa shape index (κ1) is 87.3.